The molecule has 2 aromatic rings. The highest BCUT2D eigenvalue weighted by atomic mass is 16.5. The minimum absolute atomic E-state index is 0.545. The van der Waals surface area contributed by atoms with Crippen molar-refractivity contribution in [3.63, 3.8) is 0 Å². The molecular weight excluding hydrogens is 280 g/mol. The van der Waals surface area contributed by atoms with E-state index in [0.29, 0.717) is 30.3 Å². The molecule has 0 amide bonds. The van der Waals surface area contributed by atoms with Crippen molar-refractivity contribution in [1.29, 1.82) is 0 Å². The number of anilines is 2. The third-order valence-corrected chi connectivity index (χ3v) is 3.62. The van der Waals surface area contributed by atoms with E-state index in [9.17, 15) is 4.79 Å². The second-order valence-electron chi connectivity index (χ2n) is 5.26. The molecule has 1 aromatic carbocycles. The molecule has 1 aliphatic rings. The molecule has 0 spiro atoms. The molecule has 1 fully saturated rings. The average molecular weight is 298 g/mol. The van der Waals surface area contributed by atoms with Crippen LogP contribution in [0.2, 0.25) is 0 Å². The highest BCUT2D eigenvalue weighted by molar-refractivity contribution is 5.84. The first-order valence-corrected chi connectivity index (χ1v) is 7.20. The lowest BCUT2D eigenvalue weighted by Gasteiger charge is -2.29. The average Bonchev–Trinajstić information content (AvgIpc) is 2.55. The van der Waals surface area contributed by atoms with Crippen LogP contribution in [0.4, 0.5) is 11.5 Å². The van der Waals surface area contributed by atoms with Gasteiger partial charge in [0.2, 0.25) is 0 Å². The van der Waals surface area contributed by atoms with Crippen LogP contribution in [0.1, 0.15) is 16.2 Å². The maximum atomic E-state index is 11.1. The second-order valence-corrected chi connectivity index (χ2v) is 5.26. The van der Waals surface area contributed by atoms with E-state index in [0.717, 1.165) is 36.3 Å². The van der Waals surface area contributed by atoms with Crippen molar-refractivity contribution in [1.82, 2.24) is 9.97 Å². The Hall–Kier alpha value is -2.47. The van der Waals surface area contributed by atoms with Gasteiger partial charge >= 0.3 is 0 Å². The van der Waals surface area contributed by atoms with Gasteiger partial charge in [-0.1, -0.05) is 0 Å². The molecule has 1 aromatic heterocycles. The number of nitrogen functional groups attached to an aromatic ring is 1. The van der Waals surface area contributed by atoms with Crippen molar-refractivity contribution in [2.24, 2.45) is 0 Å². The third kappa shape index (κ3) is 2.92. The molecule has 2 N–H and O–H groups in total. The fourth-order valence-corrected chi connectivity index (χ4v) is 2.58. The molecule has 1 aliphatic heterocycles. The van der Waals surface area contributed by atoms with E-state index in [1.807, 2.05) is 13.0 Å². The van der Waals surface area contributed by atoms with Crippen LogP contribution in [-0.2, 0) is 4.74 Å². The van der Waals surface area contributed by atoms with Crippen LogP contribution in [0, 0.1) is 6.92 Å². The van der Waals surface area contributed by atoms with Gasteiger partial charge in [0.25, 0.3) is 0 Å². The predicted octanol–water partition coefficient (Wildman–Crippen LogP) is 1.68. The van der Waals surface area contributed by atoms with Crippen molar-refractivity contribution < 1.29 is 9.53 Å². The summed E-state index contributed by atoms with van der Waals surface area (Å²) in [4.78, 5) is 22.1. The van der Waals surface area contributed by atoms with Crippen LogP contribution in [0.15, 0.2) is 24.4 Å². The van der Waals surface area contributed by atoms with Gasteiger partial charge in [0.15, 0.2) is 0 Å². The first kappa shape index (κ1) is 14.5. The first-order chi connectivity index (χ1) is 10.7. The Morgan fingerprint density at radius 1 is 1.27 bits per heavy atom. The fraction of sp³-hybridized carbons (Fsp3) is 0.312. The summed E-state index contributed by atoms with van der Waals surface area (Å²) >= 11 is 0. The Morgan fingerprint density at radius 2 is 2.05 bits per heavy atom. The zero-order valence-electron chi connectivity index (χ0n) is 12.5. The Balaban J connectivity index is 2.10. The number of hydrogen-bond donors (Lipinski definition) is 1. The molecule has 114 valence electrons. The van der Waals surface area contributed by atoms with E-state index >= 15 is 0 Å². The van der Waals surface area contributed by atoms with E-state index in [1.54, 1.807) is 18.3 Å². The van der Waals surface area contributed by atoms with Crippen LogP contribution in [0.3, 0.4) is 0 Å². The monoisotopic (exact) mass is 298 g/mol. The zero-order chi connectivity index (χ0) is 15.5. The normalized spacial score (nSPS) is 14.9. The molecule has 0 unspecified atom stereocenters. The highest BCUT2D eigenvalue weighted by Crippen LogP contribution is 2.31. The zero-order valence-corrected chi connectivity index (χ0v) is 12.5. The number of hydrogen-bond acceptors (Lipinski definition) is 6. The van der Waals surface area contributed by atoms with Crippen LogP contribution >= 0.6 is 0 Å². The first-order valence-electron chi connectivity index (χ1n) is 7.20. The number of benzene rings is 1. The van der Waals surface area contributed by atoms with Gasteiger partial charge in [-0.25, -0.2) is 9.97 Å². The number of ether oxygens (including phenoxy) is 1. The lowest BCUT2D eigenvalue weighted by molar-refractivity contribution is 0.112. The molecule has 0 atom stereocenters. The summed E-state index contributed by atoms with van der Waals surface area (Å²) < 4.78 is 5.40. The van der Waals surface area contributed by atoms with Crippen molar-refractivity contribution >= 4 is 17.8 Å². The maximum absolute atomic E-state index is 11.1. The molecule has 2 heterocycles. The second kappa shape index (κ2) is 6.11. The number of rotatable bonds is 3. The minimum atomic E-state index is 0.545. The number of morpholine rings is 1. The molecular formula is C16H18N4O2. The molecule has 0 radical (unpaired) electrons. The fourth-order valence-electron chi connectivity index (χ4n) is 2.58. The van der Waals surface area contributed by atoms with Crippen LogP contribution in [0.5, 0.6) is 0 Å². The van der Waals surface area contributed by atoms with Crippen LogP contribution < -0.4 is 10.6 Å². The number of carbonyl (C=O) groups is 1. The number of carbonyl (C=O) groups excluding carboxylic acids is 1. The molecule has 0 aliphatic carbocycles. The van der Waals surface area contributed by atoms with E-state index < -0.39 is 0 Å². The van der Waals surface area contributed by atoms with Gasteiger partial charge in [-0.2, -0.15) is 0 Å². The maximum Gasteiger partial charge on any atom is 0.150 e. The largest absolute Gasteiger partial charge is 0.399 e. The van der Waals surface area contributed by atoms with Gasteiger partial charge in [-0.05, 0) is 30.7 Å². The summed E-state index contributed by atoms with van der Waals surface area (Å²) in [5, 5.41) is 0. The lowest BCUT2D eigenvalue weighted by atomic mass is 10.0. The molecule has 6 heteroatoms. The summed E-state index contributed by atoms with van der Waals surface area (Å²) in [6.07, 6.45) is 2.58. The smallest absolute Gasteiger partial charge is 0.150 e. The summed E-state index contributed by atoms with van der Waals surface area (Å²) in [6.45, 7) is 4.79. The highest BCUT2D eigenvalue weighted by Gasteiger charge is 2.18. The number of aromatic nitrogens is 2. The third-order valence-electron chi connectivity index (χ3n) is 3.62. The van der Waals surface area contributed by atoms with Gasteiger partial charge < -0.3 is 15.4 Å². The van der Waals surface area contributed by atoms with Crippen LogP contribution in [0.25, 0.3) is 11.1 Å². The number of aldehydes is 1. The van der Waals surface area contributed by atoms with E-state index in [4.69, 9.17) is 10.5 Å². The SMILES string of the molecule is Cc1ncc(-c2cc(N)cc(C=O)c2)c(N2CCOCC2)n1. The van der Waals surface area contributed by atoms with E-state index in [-0.39, 0.29) is 0 Å². The lowest BCUT2D eigenvalue weighted by Crippen LogP contribution is -2.37. The molecule has 3 rings (SSSR count). The van der Waals surface area contributed by atoms with Gasteiger partial charge in [-0.15, -0.1) is 0 Å². The number of aryl methyl sites for hydroxylation is 1. The quantitative estimate of drug-likeness (QED) is 0.686. The van der Waals surface area contributed by atoms with E-state index in [2.05, 4.69) is 14.9 Å². The molecule has 0 bridgehead atoms. The van der Waals surface area contributed by atoms with Crippen LogP contribution in [-0.4, -0.2) is 42.6 Å². The van der Waals surface area contributed by atoms with Crippen molar-refractivity contribution in [2.75, 3.05) is 36.9 Å². The van der Waals surface area contributed by atoms with E-state index in [1.165, 1.54) is 0 Å². The standard InChI is InChI=1S/C16H18N4O2/c1-11-18-9-15(13-6-12(10-21)7-14(17)8-13)16(19-11)20-2-4-22-5-3-20/h6-10H,2-5,17H2,1H3. The predicted molar refractivity (Wildman–Crippen MR) is 85.0 cm³/mol. The topological polar surface area (TPSA) is 81.3 Å². The van der Waals surface area contributed by atoms with Gasteiger partial charge in [0.05, 0.1) is 13.2 Å². The minimum Gasteiger partial charge on any atom is -0.399 e. The molecule has 22 heavy (non-hydrogen) atoms. The van der Waals surface area contributed by atoms with Crippen molar-refractivity contribution in [3.8, 4) is 11.1 Å². The summed E-state index contributed by atoms with van der Waals surface area (Å²) in [5.41, 5.74) is 8.72. The number of nitrogens with two attached hydrogens (primary N) is 1. The molecule has 6 nitrogen and oxygen atoms in total. The Labute approximate surface area is 128 Å². The number of nitrogens with zero attached hydrogens (tertiary/aromatic N) is 3. The van der Waals surface area contributed by atoms with Gasteiger partial charge in [0, 0.05) is 36.1 Å². The summed E-state index contributed by atoms with van der Waals surface area (Å²) in [7, 11) is 0. The van der Waals surface area contributed by atoms with Gasteiger partial charge in [0.1, 0.15) is 17.9 Å². The Bertz CT molecular complexity index is 697. The van der Waals surface area contributed by atoms with Crippen molar-refractivity contribution in [3.05, 3.63) is 35.8 Å². The summed E-state index contributed by atoms with van der Waals surface area (Å²) in [5.74, 6) is 1.57. The Morgan fingerprint density at radius 3 is 2.77 bits per heavy atom. The van der Waals surface area contributed by atoms with Crippen molar-refractivity contribution in [2.45, 2.75) is 6.92 Å². The molecule has 1 saturated heterocycles. The summed E-state index contributed by atoms with van der Waals surface area (Å²) in [6, 6.07) is 5.30. The molecule has 0 saturated carbocycles. The Kier molecular flexibility index (Phi) is 4.02. The van der Waals surface area contributed by atoms with Gasteiger partial charge in [-0.3, -0.25) is 4.79 Å².